The number of amides is 1. The van der Waals surface area contributed by atoms with Gasteiger partial charge in [-0.3, -0.25) is 9.59 Å². The van der Waals surface area contributed by atoms with E-state index in [0.717, 1.165) is 0 Å². The molecule has 6 heteroatoms. The average molecular weight is 250 g/mol. The number of hydrogen-bond acceptors (Lipinski definition) is 5. The molecule has 1 heterocycles. The molecule has 0 aliphatic rings. The smallest absolute Gasteiger partial charge is 0.245 e. The molecule has 0 fully saturated rings. The van der Waals surface area contributed by atoms with Crippen LogP contribution < -0.4 is 5.32 Å². The number of nitrogens with one attached hydrogen (secondary N) is 1. The maximum absolute atomic E-state index is 11.8. The maximum atomic E-state index is 11.8. The van der Waals surface area contributed by atoms with Gasteiger partial charge in [0.1, 0.15) is 0 Å². The fourth-order valence-corrected chi connectivity index (χ4v) is 1.42. The first-order chi connectivity index (χ1) is 8.60. The van der Waals surface area contributed by atoms with Gasteiger partial charge in [0.25, 0.3) is 0 Å². The highest BCUT2D eigenvalue weighted by molar-refractivity contribution is 6.10. The summed E-state index contributed by atoms with van der Waals surface area (Å²) in [4.78, 5) is 23.6. The first-order valence-corrected chi connectivity index (χ1v) is 5.36. The summed E-state index contributed by atoms with van der Waals surface area (Å²) in [5.74, 6) is -2.71. The molecule has 0 unspecified atom stereocenters. The van der Waals surface area contributed by atoms with Crippen LogP contribution in [0.3, 0.4) is 0 Å². The molecule has 0 aliphatic heterocycles. The van der Waals surface area contributed by atoms with Gasteiger partial charge in [-0.2, -0.15) is 5.26 Å². The number of carbonyl (C=O) groups excluding carboxylic acids is 2. The summed E-state index contributed by atoms with van der Waals surface area (Å²) in [6.07, 6.45) is 1.31. The second-order valence-corrected chi connectivity index (χ2v) is 3.77. The number of Topliss-reactive ketones (excluding diaryl/α,β-unsaturated/α-hetero) is 1. The lowest BCUT2D eigenvalue weighted by Gasteiger charge is -2.14. The van der Waals surface area contributed by atoms with Crippen LogP contribution in [0.5, 0.6) is 0 Å². The summed E-state index contributed by atoms with van der Waals surface area (Å²) in [7, 11) is 1.50. The number of nitrogens with zero attached hydrogens (tertiary/aromatic N) is 1. The molecule has 1 amide bonds. The van der Waals surface area contributed by atoms with Crippen molar-refractivity contribution in [1.29, 1.82) is 5.26 Å². The molecule has 0 radical (unpaired) electrons. The van der Waals surface area contributed by atoms with Crippen LogP contribution in [0.4, 0.5) is 0 Å². The van der Waals surface area contributed by atoms with Crippen LogP contribution >= 0.6 is 0 Å². The van der Waals surface area contributed by atoms with E-state index in [1.54, 1.807) is 13.0 Å². The highest BCUT2D eigenvalue weighted by Crippen LogP contribution is 2.09. The number of rotatable bonds is 6. The average Bonchev–Trinajstić information content (AvgIpc) is 2.83. The Hall–Kier alpha value is -2.13. The third kappa shape index (κ3) is 3.43. The van der Waals surface area contributed by atoms with E-state index in [9.17, 15) is 9.59 Å². The Morgan fingerprint density at radius 3 is 2.83 bits per heavy atom. The largest absolute Gasteiger partial charge is 0.461 e. The molecule has 1 aromatic rings. The summed E-state index contributed by atoms with van der Waals surface area (Å²) in [5, 5.41) is 11.4. The summed E-state index contributed by atoms with van der Waals surface area (Å²) in [5.41, 5.74) is 0. The predicted octanol–water partition coefficient (Wildman–Crippen LogP) is 0.753. The molecular weight excluding hydrogens is 236 g/mol. The number of nitriles is 1. The van der Waals surface area contributed by atoms with E-state index < -0.39 is 17.6 Å². The summed E-state index contributed by atoms with van der Waals surface area (Å²) in [6, 6.07) is 4.34. The summed E-state index contributed by atoms with van der Waals surface area (Å²) >= 11 is 0. The molecule has 0 aromatic carbocycles. The molecule has 96 valence electrons. The second kappa shape index (κ2) is 6.57. The molecule has 0 saturated heterocycles. The molecular formula is C12H14N2O4. The lowest BCUT2D eigenvalue weighted by molar-refractivity contribution is -0.123. The Bertz CT molecular complexity index is 447. The number of methoxy groups -OCH3 is 1. The van der Waals surface area contributed by atoms with Crippen molar-refractivity contribution < 1.29 is 18.7 Å². The van der Waals surface area contributed by atoms with Crippen molar-refractivity contribution in [2.75, 3.05) is 13.7 Å². The monoisotopic (exact) mass is 250 g/mol. The standard InChI is InChI=1S/C12H14N2O4/c1-8(7-17-2)14-12(16)9(6-13)11(15)10-4-3-5-18-10/h3-5,8-9H,7H2,1-2H3,(H,14,16)/t8-,9+/m0/s1. The number of hydrogen-bond donors (Lipinski definition) is 1. The van der Waals surface area contributed by atoms with Gasteiger partial charge >= 0.3 is 0 Å². The van der Waals surface area contributed by atoms with E-state index in [0.29, 0.717) is 6.61 Å². The highest BCUT2D eigenvalue weighted by atomic mass is 16.5. The highest BCUT2D eigenvalue weighted by Gasteiger charge is 2.29. The zero-order valence-corrected chi connectivity index (χ0v) is 10.2. The van der Waals surface area contributed by atoms with Gasteiger partial charge in [-0.1, -0.05) is 0 Å². The molecule has 0 aliphatic carbocycles. The van der Waals surface area contributed by atoms with Gasteiger partial charge in [0.05, 0.1) is 18.9 Å². The Kier molecular flexibility index (Phi) is 5.08. The molecule has 0 bridgehead atoms. The summed E-state index contributed by atoms with van der Waals surface area (Å²) in [6.45, 7) is 2.02. The van der Waals surface area contributed by atoms with E-state index in [-0.39, 0.29) is 11.8 Å². The Morgan fingerprint density at radius 2 is 2.33 bits per heavy atom. The van der Waals surface area contributed by atoms with Crippen LogP contribution in [0, 0.1) is 17.2 Å². The van der Waals surface area contributed by atoms with Crippen molar-refractivity contribution in [1.82, 2.24) is 5.32 Å². The Morgan fingerprint density at radius 1 is 1.61 bits per heavy atom. The number of carbonyl (C=O) groups is 2. The maximum Gasteiger partial charge on any atom is 0.245 e. The molecule has 1 N–H and O–H groups in total. The van der Waals surface area contributed by atoms with Gasteiger partial charge < -0.3 is 14.5 Å². The zero-order chi connectivity index (χ0) is 13.5. The lowest BCUT2D eigenvalue weighted by Crippen LogP contribution is -2.41. The molecule has 0 spiro atoms. The van der Waals surface area contributed by atoms with Crippen molar-refractivity contribution in [3.63, 3.8) is 0 Å². The third-order valence-corrected chi connectivity index (χ3v) is 2.22. The van der Waals surface area contributed by atoms with Crippen LogP contribution in [0.25, 0.3) is 0 Å². The van der Waals surface area contributed by atoms with Gasteiger partial charge in [-0.25, -0.2) is 0 Å². The third-order valence-electron chi connectivity index (χ3n) is 2.22. The fourth-order valence-electron chi connectivity index (χ4n) is 1.42. The Balaban J connectivity index is 2.70. The first kappa shape index (κ1) is 13.9. The minimum atomic E-state index is -1.41. The normalized spacial score (nSPS) is 13.4. The Labute approximate surface area is 105 Å². The van der Waals surface area contributed by atoms with Gasteiger partial charge in [0, 0.05) is 13.2 Å². The topological polar surface area (TPSA) is 92.3 Å². The second-order valence-electron chi connectivity index (χ2n) is 3.77. The van der Waals surface area contributed by atoms with Crippen LogP contribution in [0.1, 0.15) is 17.5 Å². The van der Waals surface area contributed by atoms with Crippen LogP contribution in [0.15, 0.2) is 22.8 Å². The van der Waals surface area contributed by atoms with Crippen LogP contribution in [-0.4, -0.2) is 31.4 Å². The lowest BCUT2D eigenvalue weighted by atomic mass is 10.0. The van der Waals surface area contributed by atoms with Gasteiger partial charge in [-0.15, -0.1) is 0 Å². The van der Waals surface area contributed by atoms with Crippen molar-refractivity contribution in [2.45, 2.75) is 13.0 Å². The van der Waals surface area contributed by atoms with E-state index >= 15 is 0 Å². The number of furan rings is 1. The number of ketones is 1. The van der Waals surface area contributed by atoms with Gasteiger partial charge in [0.2, 0.25) is 11.7 Å². The minimum Gasteiger partial charge on any atom is -0.461 e. The van der Waals surface area contributed by atoms with Crippen molar-refractivity contribution in [3.05, 3.63) is 24.2 Å². The molecule has 1 aromatic heterocycles. The molecule has 1 rings (SSSR count). The summed E-state index contributed by atoms with van der Waals surface area (Å²) < 4.78 is 9.72. The van der Waals surface area contributed by atoms with Crippen LogP contribution in [-0.2, 0) is 9.53 Å². The first-order valence-electron chi connectivity index (χ1n) is 5.36. The minimum absolute atomic E-state index is 0.00362. The molecule has 2 atom stereocenters. The van der Waals surface area contributed by atoms with Gasteiger partial charge in [0.15, 0.2) is 11.7 Å². The van der Waals surface area contributed by atoms with Crippen molar-refractivity contribution in [2.24, 2.45) is 5.92 Å². The quantitative estimate of drug-likeness (QED) is 0.594. The zero-order valence-electron chi connectivity index (χ0n) is 10.2. The van der Waals surface area contributed by atoms with E-state index in [4.69, 9.17) is 14.4 Å². The van der Waals surface area contributed by atoms with E-state index in [2.05, 4.69) is 5.32 Å². The molecule has 6 nitrogen and oxygen atoms in total. The van der Waals surface area contributed by atoms with Crippen molar-refractivity contribution >= 4 is 11.7 Å². The van der Waals surface area contributed by atoms with E-state index in [1.165, 1.54) is 25.5 Å². The van der Waals surface area contributed by atoms with Gasteiger partial charge in [-0.05, 0) is 19.1 Å². The molecule has 18 heavy (non-hydrogen) atoms. The van der Waals surface area contributed by atoms with Crippen LogP contribution in [0.2, 0.25) is 0 Å². The fraction of sp³-hybridized carbons (Fsp3) is 0.417. The van der Waals surface area contributed by atoms with Crippen molar-refractivity contribution in [3.8, 4) is 6.07 Å². The predicted molar refractivity (Wildman–Crippen MR) is 61.6 cm³/mol. The number of ether oxygens (including phenoxy) is 1. The SMILES string of the molecule is COC[C@H](C)NC(=O)[C@H](C#N)C(=O)c1ccco1. The molecule has 0 saturated carbocycles. The van der Waals surface area contributed by atoms with E-state index in [1.807, 2.05) is 0 Å².